The summed E-state index contributed by atoms with van der Waals surface area (Å²) in [6.07, 6.45) is 1.76. The molecule has 1 unspecified atom stereocenters. The summed E-state index contributed by atoms with van der Waals surface area (Å²) in [7, 11) is 0. The Morgan fingerprint density at radius 2 is 2.44 bits per heavy atom. The maximum Gasteiger partial charge on any atom is 0.331 e. The molecular formula is C12H12FN3O2. The molecule has 1 saturated heterocycles. The second kappa shape index (κ2) is 4.92. The first-order valence-electron chi connectivity index (χ1n) is 5.55. The van der Waals surface area contributed by atoms with Gasteiger partial charge in [-0.15, -0.1) is 0 Å². The molecule has 18 heavy (non-hydrogen) atoms. The minimum atomic E-state index is -0.473. The van der Waals surface area contributed by atoms with Crippen molar-refractivity contribution in [1.29, 1.82) is 5.26 Å². The van der Waals surface area contributed by atoms with Crippen LogP contribution >= 0.6 is 0 Å². The van der Waals surface area contributed by atoms with E-state index in [4.69, 9.17) is 10.00 Å². The predicted octanol–water partition coefficient (Wildman–Crippen LogP) is 1.77. The lowest BCUT2D eigenvalue weighted by atomic mass is 10.1. The third kappa shape index (κ3) is 2.20. The number of benzene rings is 1. The van der Waals surface area contributed by atoms with Crippen molar-refractivity contribution in [3.8, 4) is 11.9 Å². The third-order valence-electron chi connectivity index (χ3n) is 2.69. The first kappa shape index (κ1) is 12.2. The molecular weight excluding hydrogens is 237 g/mol. The molecule has 0 radical (unpaired) electrons. The quantitative estimate of drug-likeness (QED) is 0.830. The first-order valence-corrected chi connectivity index (χ1v) is 5.55. The number of nitriles is 1. The zero-order valence-electron chi connectivity index (χ0n) is 9.81. The Kier molecular flexibility index (Phi) is 3.33. The fraction of sp³-hybridized carbons (Fsp3) is 0.333. The van der Waals surface area contributed by atoms with Gasteiger partial charge in [0.25, 0.3) is 0 Å². The van der Waals surface area contributed by atoms with Gasteiger partial charge in [0, 0.05) is 0 Å². The zero-order valence-corrected chi connectivity index (χ0v) is 9.81. The number of carbonyl (C=O) groups is 1. The van der Waals surface area contributed by atoms with Crippen LogP contribution in [-0.4, -0.2) is 24.1 Å². The molecule has 1 atom stereocenters. The monoisotopic (exact) mass is 249 g/mol. The first-order chi connectivity index (χ1) is 8.65. The standard InChI is InChI=1S/C12H12FN3O2/c1-2-18-11-4-3-8(5-9(11)13)10-6-16(7-14)12(17)15-10/h3-5,10H,2,6H2,1H3,(H,15,17). The van der Waals surface area contributed by atoms with Gasteiger partial charge in [-0.1, -0.05) is 6.07 Å². The fourth-order valence-corrected chi connectivity index (χ4v) is 1.82. The molecule has 0 bridgehead atoms. The van der Waals surface area contributed by atoms with Crippen molar-refractivity contribution < 1.29 is 13.9 Å². The van der Waals surface area contributed by atoms with Gasteiger partial charge < -0.3 is 10.1 Å². The maximum atomic E-state index is 13.7. The van der Waals surface area contributed by atoms with Crippen molar-refractivity contribution in [1.82, 2.24) is 10.2 Å². The predicted molar refractivity (Wildman–Crippen MR) is 61.2 cm³/mol. The van der Waals surface area contributed by atoms with Crippen LogP contribution in [0, 0.1) is 17.3 Å². The van der Waals surface area contributed by atoms with Crippen molar-refractivity contribution in [2.75, 3.05) is 13.2 Å². The van der Waals surface area contributed by atoms with E-state index < -0.39 is 11.8 Å². The van der Waals surface area contributed by atoms with Gasteiger partial charge in [0.1, 0.15) is 0 Å². The Morgan fingerprint density at radius 3 is 3.00 bits per heavy atom. The van der Waals surface area contributed by atoms with Crippen LogP contribution < -0.4 is 10.1 Å². The number of amides is 2. The van der Waals surface area contributed by atoms with E-state index in [0.717, 1.165) is 4.90 Å². The van der Waals surface area contributed by atoms with Gasteiger partial charge in [-0.25, -0.2) is 14.1 Å². The normalized spacial score (nSPS) is 18.4. The second-order valence-electron chi connectivity index (χ2n) is 3.84. The molecule has 1 heterocycles. The molecule has 1 N–H and O–H groups in total. The number of hydrogen-bond acceptors (Lipinski definition) is 3. The van der Waals surface area contributed by atoms with Crippen molar-refractivity contribution in [3.05, 3.63) is 29.6 Å². The van der Waals surface area contributed by atoms with Crippen LogP contribution in [0.4, 0.5) is 9.18 Å². The molecule has 6 heteroatoms. The van der Waals surface area contributed by atoms with Gasteiger partial charge in [-0.05, 0) is 24.6 Å². The van der Waals surface area contributed by atoms with Gasteiger partial charge in [-0.3, -0.25) is 0 Å². The van der Waals surface area contributed by atoms with Crippen LogP contribution in [-0.2, 0) is 0 Å². The van der Waals surface area contributed by atoms with Gasteiger partial charge in [0.05, 0.1) is 19.2 Å². The number of urea groups is 1. The van der Waals surface area contributed by atoms with E-state index in [2.05, 4.69) is 5.32 Å². The second-order valence-corrected chi connectivity index (χ2v) is 3.84. The fourth-order valence-electron chi connectivity index (χ4n) is 1.82. The van der Waals surface area contributed by atoms with Crippen molar-refractivity contribution in [2.24, 2.45) is 0 Å². The molecule has 5 nitrogen and oxygen atoms in total. The van der Waals surface area contributed by atoms with E-state index in [0.29, 0.717) is 12.2 Å². The Labute approximate surface area is 104 Å². The molecule has 94 valence electrons. The minimum absolute atomic E-state index is 0.183. The Morgan fingerprint density at radius 1 is 1.67 bits per heavy atom. The van der Waals surface area contributed by atoms with Crippen LogP contribution in [0.5, 0.6) is 5.75 Å². The highest BCUT2D eigenvalue weighted by molar-refractivity contribution is 5.78. The molecule has 1 aromatic rings. The van der Waals surface area contributed by atoms with Gasteiger partial charge >= 0.3 is 6.03 Å². The highest BCUT2D eigenvalue weighted by Crippen LogP contribution is 2.25. The number of hydrogen-bond donors (Lipinski definition) is 1. The van der Waals surface area contributed by atoms with E-state index in [-0.39, 0.29) is 18.3 Å². The van der Waals surface area contributed by atoms with E-state index in [9.17, 15) is 9.18 Å². The molecule has 2 amide bonds. The zero-order chi connectivity index (χ0) is 13.1. The van der Waals surface area contributed by atoms with Crippen molar-refractivity contribution >= 4 is 6.03 Å². The summed E-state index contributed by atoms with van der Waals surface area (Å²) >= 11 is 0. The number of nitrogens with one attached hydrogen (secondary N) is 1. The summed E-state index contributed by atoms with van der Waals surface area (Å²) in [5, 5.41) is 11.3. The highest BCUT2D eigenvalue weighted by atomic mass is 19.1. The molecule has 2 rings (SSSR count). The molecule has 1 aromatic carbocycles. The van der Waals surface area contributed by atoms with E-state index in [1.165, 1.54) is 12.1 Å². The lowest BCUT2D eigenvalue weighted by molar-refractivity contribution is 0.232. The summed E-state index contributed by atoms with van der Waals surface area (Å²) in [5.74, 6) is -0.290. The van der Waals surface area contributed by atoms with Crippen LogP contribution in [0.2, 0.25) is 0 Å². The molecule has 0 saturated carbocycles. The maximum absolute atomic E-state index is 13.7. The lowest BCUT2D eigenvalue weighted by Crippen LogP contribution is -2.23. The molecule has 0 aliphatic carbocycles. The third-order valence-corrected chi connectivity index (χ3v) is 2.69. The van der Waals surface area contributed by atoms with Crippen LogP contribution in [0.3, 0.4) is 0 Å². The molecule has 1 fully saturated rings. The topological polar surface area (TPSA) is 65.4 Å². The summed E-state index contributed by atoms with van der Waals surface area (Å²) in [6.45, 7) is 2.37. The minimum Gasteiger partial charge on any atom is -0.491 e. The summed E-state index contributed by atoms with van der Waals surface area (Å²) in [6, 6.07) is 3.69. The average Bonchev–Trinajstić information content (AvgIpc) is 2.73. The highest BCUT2D eigenvalue weighted by Gasteiger charge is 2.30. The van der Waals surface area contributed by atoms with Gasteiger partial charge in [0.2, 0.25) is 0 Å². The molecule has 1 aliphatic heterocycles. The lowest BCUT2D eigenvalue weighted by Gasteiger charge is -2.11. The van der Waals surface area contributed by atoms with Gasteiger partial charge in [-0.2, -0.15) is 5.26 Å². The van der Waals surface area contributed by atoms with E-state index in [1.807, 2.05) is 0 Å². The molecule has 0 spiro atoms. The van der Waals surface area contributed by atoms with E-state index in [1.54, 1.807) is 19.2 Å². The Hall–Kier alpha value is -2.29. The summed E-state index contributed by atoms with van der Waals surface area (Å²) < 4.78 is 18.7. The summed E-state index contributed by atoms with van der Waals surface area (Å²) in [5.41, 5.74) is 0.613. The number of rotatable bonds is 3. The van der Waals surface area contributed by atoms with E-state index >= 15 is 0 Å². The molecule has 0 aromatic heterocycles. The SMILES string of the molecule is CCOc1ccc(C2CN(C#N)C(=O)N2)cc1F. The smallest absolute Gasteiger partial charge is 0.331 e. The van der Waals surface area contributed by atoms with Gasteiger partial charge in [0.15, 0.2) is 17.8 Å². The van der Waals surface area contributed by atoms with Crippen molar-refractivity contribution in [3.63, 3.8) is 0 Å². The number of halogens is 1. The number of carbonyl (C=O) groups excluding carboxylic acids is 1. The van der Waals surface area contributed by atoms with Crippen LogP contribution in [0.25, 0.3) is 0 Å². The van der Waals surface area contributed by atoms with Crippen LogP contribution in [0.15, 0.2) is 18.2 Å². The Bertz CT molecular complexity index is 513. The number of ether oxygens (including phenoxy) is 1. The summed E-state index contributed by atoms with van der Waals surface area (Å²) in [4.78, 5) is 12.3. The number of nitrogens with zero attached hydrogens (tertiary/aromatic N) is 2. The molecule has 1 aliphatic rings. The van der Waals surface area contributed by atoms with Crippen molar-refractivity contribution in [2.45, 2.75) is 13.0 Å². The van der Waals surface area contributed by atoms with Crippen LogP contribution in [0.1, 0.15) is 18.5 Å². The Balaban J connectivity index is 2.18. The largest absolute Gasteiger partial charge is 0.491 e. The average molecular weight is 249 g/mol.